The first-order chi connectivity index (χ1) is 7.67. The van der Waals surface area contributed by atoms with E-state index in [2.05, 4.69) is 10.1 Å². The Labute approximate surface area is 102 Å². The lowest BCUT2D eigenvalue weighted by Gasteiger charge is -2.22. The van der Waals surface area contributed by atoms with Crippen LogP contribution in [-0.4, -0.2) is 43.3 Å². The fourth-order valence-corrected chi connectivity index (χ4v) is 0.972. The van der Waals surface area contributed by atoms with Gasteiger partial charge in [0.05, 0.1) is 19.3 Å². The first-order valence-electron chi connectivity index (χ1n) is 5.45. The van der Waals surface area contributed by atoms with E-state index < -0.39 is 24.0 Å². The molecule has 0 spiro atoms. The average Bonchev–Trinajstić information content (AvgIpc) is 2.23. The summed E-state index contributed by atoms with van der Waals surface area (Å²) in [5.74, 6) is -0.950. The van der Waals surface area contributed by atoms with Crippen molar-refractivity contribution < 1.29 is 19.1 Å². The third-order valence-electron chi connectivity index (χ3n) is 1.95. The van der Waals surface area contributed by atoms with E-state index in [1.807, 2.05) is 20.8 Å². The minimum absolute atomic E-state index is 0.100. The van der Waals surface area contributed by atoms with Gasteiger partial charge in [-0.3, -0.25) is 4.79 Å². The zero-order chi connectivity index (χ0) is 13.6. The molecule has 0 aromatic carbocycles. The molecule has 100 valence electrons. The van der Waals surface area contributed by atoms with Crippen LogP contribution in [0.25, 0.3) is 0 Å². The van der Waals surface area contributed by atoms with Crippen molar-refractivity contribution in [2.75, 3.05) is 13.7 Å². The SMILES string of the molecule is COC(=O)C(C)NC(=O)C(N)COC(C)(C)C. The van der Waals surface area contributed by atoms with Crippen LogP contribution in [0.2, 0.25) is 0 Å². The topological polar surface area (TPSA) is 90.7 Å². The minimum Gasteiger partial charge on any atom is -0.467 e. The molecule has 2 unspecified atom stereocenters. The van der Waals surface area contributed by atoms with Crippen molar-refractivity contribution in [2.45, 2.75) is 45.4 Å². The van der Waals surface area contributed by atoms with Gasteiger partial charge in [0.1, 0.15) is 12.1 Å². The maximum absolute atomic E-state index is 11.6. The number of nitrogens with one attached hydrogen (secondary N) is 1. The summed E-state index contributed by atoms with van der Waals surface area (Å²) in [4.78, 5) is 22.6. The standard InChI is InChI=1S/C11H22N2O4/c1-7(10(15)16-5)13-9(14)8(12)6-17-11(2,3)4/h7-8H,6,12H2,1-5H3,(H,13,14). The number of carbonyl (C=O) groups excluding carboxylic acids is 2. The number of carbonyl (C=O) groups is 2. The molecular weight excluding hydrogens is 224 g/mol. The van der Waals surface area contributed by atoms with E-state index >= 15 is 0 Å². The summed E-state index contributed by atoms with van der Waals surface area (Å²) >= 11 is 0. The number of methoxy groups -OCH3 is 1. The van der Waals surface area contributed by atoms with E-state index in [0.29, 0.717) is 0 Å². The second-order valence-corrected chi connectivity index (χ2v) is 4.78. The van der Waals surface area contributed by atoms with Gasteiger partial charge < -0.3 is 20.5 Å². The molecule has 0 aliphatic rings. The molecule has 0 saturated carbocycles. The van der Waals surface area contributed by atoms with Crippen LogP contribution in [0.4, 0.5) is 0 Å². The monoisotopic (exact) mass is 246 g/mol. The lowest BCUT2D eigenvalue weighted by Crippen LogP contribution is -2.50. The lowest BCUT2D eigenvalue weighted by molar-refractivity contribution is -0.145. The predicted octanol–water partition coefficient (Wildman–Crippen LogP) is -0.193. The normalized spacial score (nSPS) is 14.9. The van der Waals surface area contributed by atoms with Gasteiger partial charge in [0.2, 0.25) is 5.91 Å². The Hall–Kier alpha value is -1.14. The first-order valence-corrected chi connectivity index (χ1v) is 5.45. The first kappa shape index (κ1) is 15.9. The number of hydrogen-bond donors (Lipinski definition) is 2. The smallest absolute Gasteiger partial charge is 0.328 e. The van der Waals surface area contributed by atoms with Crippen LogP contribution >= 0.6 is 0 Å². The molecule has 3 N–H and O–H groups in total. The van der Waals surface area contributed by atoms with Crippen LogP contribution in [-0.2, 0) is 19.1 Å². The number of ether oxygens (including phenoxy) is 2. The van der Waals surface area contributed by atoms with Gasteiger partial charge in [-0.25, -0.2) is 4.79 Å². The van der Waals surface area contributed by atoms with Gasteiger partial charge >= 0.3 is 5.97 Å². The molecule has 6 nitrogen and oxygen atoms in total. The van der Waals surface area contributed by atoms with Gasteiger partial charge in [-0.15, -0.1) is 0 Å². The van der Waals surface area contributed by atoms with Crippen LogP contribution in [0.1, 0.15) is 27.7 Å². The molecule has 0 bridgehead atoms. The molecule has 0 heterocycles. The van der Waals surface area contributed by atoms with E-state index in [-0.39, 0.29) is 12.2 Å². The van der Waals surface area contributed by atoms with Crippen molar-refractivity contribution in [3.63, 3.8) is 0 Å². The number of nitrogens with two attached hydrogens (primary N) is 1. The summed E-state index contributed by atoms with van der Waals surface area (Å²) in [6.07, 6.45) is 0. The van der Waals surface area contributed by atoms with Crippen molar-refractivity contribution >= 4 is 11.9 Å². The van der Waals surface area contributed by atoms with Crippen molar-refractivity contribution in [1.82, 2.24) is 5.32 Å². The Balaban J connectivity index is 4.10. The molecule has 0 aromatic rings. The summed E-state index contributed by atoms with van der Waals surface area (Å²) in [7, 11) is 1.26. The Kier molecular flexibility index (Phi) is 6.12. The molecular formula is C11H22N2O4. The summed E-state index contributed by atoms with van der Waals surface area (Å²) in [6, 6.07) is -1.52. The highest BCUT2D eigenvalue weighted by atomic mass is 16.5. The van der Waals surface area contributed by atoms with E-state index in [4.69, 9.17) is 10.5 Å². The van der Waals surface area contributed by atoms with Gasteiger partial charge in [-0.1, -0.05) is 0 Å². The predicted molar refractivity (Wildman–Crippen MR) is 63.3 cm³/mol. The van der Waals surface area contributed by atoms with E-state index in [1.54, 1.807) is 0 Å². The van der Waals surface area contributed by atoms with Crippen LogP contribution in [0.5, 0.6) is 0 Å². The number of esters is 1. The number of rotatable bonds is 5. The van der Waals surface area contributed by atoms with Gasteiger partial charge in [0, 0.05) is 0 Å². The molecule has 6 heteroatoms. The highest BCUT2D eigenvalue weighted by Gasteiger charge is 2.22. The molecule has 0 aliphatic carbocycles. The second kappa shape index (κ2) is 6.56. The molecule has 0 saturated heterocycles. The summed E-state index contributed by atoms with van der Waals surface area (Å²) in [6.45, 7) is 7.24. The molecule has 0 aliphatic heterocycles. The molecule has 0 radical (unpaired) electrons. The van der Waals surface area contributed by atoms with E-state index in [9.17, 15) is 9.59 Å². The maximum atomic E-state index is 11.6. The van der Waals surface area contributed by atoms with Crippen molar-refractivity contribution in [1.29, 1.82) is 0 Å². The Morgan fingerprint density at radius 1 is 1.35 bits per heavy atom. The number of hydrogen-bond acceptors (Lipinski definition) is 5. The highest BCUT2D eigenvalue weighted by Crippen LogP contribution is 2.06. The largest absolute Gasteiger partial charge is 0.467 e. The lowest BCUT2D eigenvalue weighted by atomic mass is 10.2. The average molecular weight is 246 g/mol. The number of amides is 1. The fourth-order valence-electron chi connectivity index (χ4n) is 0.972. The Bertz CT molecular complexity index is 273. The molecule has 0 fully saturated rings. The Morgan fingerprint density at radius 2 is 1.88 bits per heavy atom. The van der Waals surface area contributed by atoms with Crippen molar-refractivity contribution in [2.24, 2.45) is 5.73 Å². The van der Waals surface area contributed by atoms with Gasteiger partial charge in [0.25, 0.3) is 0 Å². The fraction of sp³-hybridized carbons (Fsp3) is 0.818. The van der Waals surface area contributed by atoms with E-state index in [0.717, 1.165) is 0 Å². The second-order valence-electron chi connectivity index (χ2n) is 4.78. The van der Waals surface area contributed by atoms with Crippen LogP contribution in [0.3, 0.4) is 0 Å². The van der Waals surface area contributed by atoms with Crippen molar-refractivity contribution in [3.8, 4) is 0 Å². The molecule has 17 heavy (non-hydrogen) atoms. The molecule has 1 amide bonds. The molecule has 2 atom stereocenters. The summed E-state index contributed by atoms with van der Waals surface area (Å²) in [5.41, 5.74) is 5.27. The van der Waals surface area contributed by atoms with Gasteiger partial charge in [-0.05, 0) is 27.7 Å². The zero-order valence-electron chi connectivity index (χ0n) is 11.1. The van der Waals surface area contributed by atoms with Crippen LogP contribution in [0.15, 0.2) is 0 Å². The van der Waals surface area contributed by atoms with Gasteiger partial charge in [-0.2, -0.15) is 0 Å². The third kappa shape index (κ3) is 6.91. The Morgan fingerprint density at radius 3 is 2.29 bits per heavy atom. The van der Waals surface area contributed by atoms with Crippen molar-refractivity contribution in [3.05, 3.63) is 0 Å². The highest BCUT2D eigenvalue weighted by molar-refractivity contribution is 5.87. The van der Waals surface area contributed by atoms with E-state index in [1.165, 1.54) is 14.0 Å². The van der Waals surface area contributed by atoms with Crippen LogP contribution < -0.4 is 11.1 Å². The summed E-state index contributed by atoms with van der Waals surface area (Å²) in [5, 5.41) is 2.45. The molecule has 0 rings (SSSR count). The quantitative estimate of drug-likeness (QED) is 0.656. The van der Waals surface area contributed by atoms with Crippen LogP contribution in [0, 0.1) is 0 Å². The van der Waals surface area contributed by atoms with Gasteiger partial charge in [0.15, 0.2) is 0 Å². The minimum atomic E-state index is -0.804. The zero-order valence-corrected chi connectivity index (χ0v) is 11.1. The molecule has 0 aromatic heterocycles. The third-order valence-corrected chi connectivity index (χ3v) is 1.95. The summed E-state index contributed by atoms with van der Waals surface area (Å²) < 4.78 is 9.86. The maximum Gasteiger partial charge on any atom is 0.328 e.